The molecule has 9 heteroatoms. The molecule has 2 aromatic carbocycles. The van der Waals surface area contributed by atoms with Crippen LogP contribution in [0.1, 0.15) is 111 Å². The molecule has 3 fully saturated rings. The summed E-state index contributed by atoms with van der Waals surface area (Å²) in [6.07, 6.45) is 4.95. The highest BCUT2D eigenvalue weighted by atomic mass is 28.4. The van der Waals surface area contributed by atoms with Crippen molar-refractivity contribution in [3.8, 4) is 0 Å². The summed E-state index contributed by atoms with van der Waals surface area (Å²) in [5.74, 6) is 0.891. The molecule has 3 saturated heterocycles. The molecule has 0 amide bonds. The summed E-state index contributed by atoms with van der Waals surface area (Å²) in [6, 6.07) is 20.7. The van der Waals surface area contributed by atoms with Crippen LogP contribution < -0.4 is 0 Å². The molecule has 0 spiro atoms. The Balaban J connectivity index is 1.31. The van der Waals surface area contributed by atoms with Crippen LogP contribution in [0.25, 0.3) is 0 Å². The van der Waals surface area contributed by atoms with Crippen LogP contribution in [0, 0.1) is 11.8 Å². The van der Waals surface area contributed by atoms with E-state index in [2.05, 4.69) is 118 Å². The monoisotopic (exact) mass is 782 g/mol. The van der Waals surface area contributed by atoms with Crippen molar-refractivity contribution in [1.29, 1.82) is 0 Å². The lowest BCUT2D eigenvalue weighted by atomic mass is 9.90. The van der Waals surface area contributed by atoms with E-state index in [0.29, 0.717) is 25.0 Å². The molecule has 5 rings (SSSR count). The van der Waals surface area contributed by atoms with Crippen LogP contribution in [0.3, 0.4) is 0 Å². The first-order chi connectivity index (χ1) is 25.3. The highest BCUT2D eigenvalue weighted by molar-refractivity contribution is 6.74. The second-order valence-electron chi connectivity index (χ2n) is 19.7. The molecule has 0 radical (unpaired) electrons. The molecule has 0 aromatic heterocycles. The van der Waals surface area contributed by atoms with Crippen LogP contribution in [0.5, 0.6) is 0 Å². The molecule has 54 heavy (non-hydrogen) atoms. The van der Waals surface area contributed by atoms with E-state index in [-0.39, 0.29) is 59.1 Å². The first-order valence-corrected chi connectivity index (χ1v) is 26.7. The summed E-state index contributed by atoms with van der Waals surface area (Å²) < 4.78 is 47.8. The van der Waals surface area contributed by atoms with E-state index in [1.807, 2.05) is 24.3 Å². The number of hydrogen-bond donors (Lipinski definition) is 0. The zero-order chi connectivity index (χ0) is 39.3. The van der Waals surface area contributed by atoms with Crippen molar-refractivity contribution in [3.63, 3.8) is 0 Å². The average molecular weight is 783 g/mol. The highest BCUT2D eigenvalue weighted by Crippen LogP contribution is 2.44. The number of fused-ring (bicyclic) bond motifs is 1. The Hall–Kier alpha value is -1.41. The van der Waals surface area contributed by atoms with Gasteiger partial charge < -0.3 is 32.5 Å². The van der Waals surface area contributed by atoms with E-state index < -0.39 is 16.6 Å². The SMILES string of the molecule is C[C@@H]1C[C@@H](C[C@H](C[C@@H]2O[C@@H]3CO[C@@H](c4ccccc4)O[C@H]3CC[C@H]2O[Si](C)(C)C(C)(C)C)O[Si](C)(C)C(C)(C)C)O[C@@H]1[C@@H](C)CCOCc1ccccc1. The fourth-order valence-electron chi connectivity index (χ4n) is 7.81. The van der Waals surface area contributed by atoms with Gasteiger partial charge in [-0.3, -0.25) is 0 Å². The van der Waals surface area contributed by atoms with Crippen LogP contribution in [0.15, 0.2) is 60.7 Å². The van der Waals surface area contributed by atoms with E-state index in [1.54, 1.807) is 0 Å². The third kappa shape index (κ3) is 11.6. The van der Waals surface area contributed by atoms with Crippen molar-refractivity contribution in [2.75, 3.05) is 13.2 Å². The van der Waals surface area contributed by atoms with Gasteiger partial charge >= 0.3 is 0 Å². The maximum Gasteiger partial charge on any atom is 0.192 e. The molecule has 0 saturated carbocycles. The van der Waals surface area contributed by atoms with E-state index >= 15 is 0 Å². The molecule has 7 nitrogen and oxygen atoms in total. The van der Waals surface area contributed by atoms with Gasteiger partial charge in [0.25, 0.3) is 0 Å². The van der Waals surface area contributed by atoms with Gasteiger partial charge in [-0.15, -0.1) is 0 Å². The maximum atomic E-state index is 7.37. The van der Waals surface area contributed by atoms with Crippen molar-refractivity contribution < 1.29 is 32.5 Å². The van der Waals surface area contributed by atoms with Gasteiger partial charge in [-0.05, 0) is 85.8 Å². The van der Waals surface area contributed by atoms with Crippen LogP contribution in [-0.4, -0.2) is 72.6 Å². The van der Waals surface area contributed by atoms with Gasteiger partial charge in [0.15, 0.2) is 22.9 Å². The summed E-state index contributed by atoms with van der Waals surface area (Å²) in [4.78, 5) is 0. The molecule has 304 valence electrons. The lowest BCUT2D eigenvalue weighted by molar-refractivity contribution is -0.271. The Kier molecular flexibility index (Phi) is 14.9. The van der Waals surface area contributed by atoms with E-state index in [0.717, 1.165) is 50.7 Å². The predicted molar refractivity (Wildman–Crippen MR) is 224 cm³/mol. The van der Waals surface area contributed by atoms with Crippen molar-refractivity contribution in [3.05, 3.63) is 71.8 Å². The lowest BCUT2D eigenvalue weighted by Crippen LogP contribution is -2.50. The van der Waals surface area contributed by atoms with Gasteiger partial charge in [-0.1, -0.05) is 116 Å². The summed E-state index contributed by atoms with van der Waals surface area (Å²) in [6.45, 7) is 30.0. The standard InChI is InChI=1S/C45H74O7Si2/c1-32(25-26-46-30-34-19-15-13-16-20-34)42-33(2)27-36(48-42)28-37(51-53(9,10)44(3,4)5)29-40-39(52-54(11,12)45(6,7)8)24-23-38-41(49-40)31-47-43(50-38)35-21-17-14-18-22-35/h13-22,32-33,36-43H,23-31H2,1-12H3/t32-,33+,36-,37+,38-,39+,40-,41+,42+,43+/m0/s1. The highest BCUT2D eigenvalue weighted by Gasteiger charge is 2.48. The van der Waals surface area contributed by atoms with Crippen LogP contribution in [0.2, 0.25) is 36.3 Å². The lowest BCUT2D eigenvalue weighted by Gasteiger charge is -2.44. The Labute approximate surface area is 330 Å². The topological polar surface area (TPSA) is 64.6 Å². The van der Waals surface area contributed by atoms with Crippen LogP contribution in [0.4, 0.5) is 0 Å². The van der Waals surface area contributed by atoms with Crippen LogP contribution in [-0.2, 0) is 39.1 Å². The van der Waals surface area contributed by atoms with Gasteiger partial charge in [-0.2, -0.15) is 0 Å². The summed E-state index contributed by atoms with van der Waals surface area (Å²) in [5, 5.41) is 0.160. The minimum absolute atomic E-state index is 0.0130. The van der Waals surface area contributed by atoms with E-state index in [9.17, 15) is 0 Å². The minimum atomic E-state index is -2.13. The second kappa shape index (κ2) is 18.5. The van der Waals surface area contributed by atoms with Gasteiger partial charge in [0.2, 0.25) is 0 Å². The summed E-state index contributed by atoms with van der Waals surface area (Å²) in [5.41, 5.74) is 2.26. The Morgan fingerprint density at radius 2 is 1.43 bits per heavy atom. The first kappa shape index (κ1) is 43.7. The quantitative estimate of drug-likeness (QED) is 0.132. The Morgan fingerprint density at radius 3 is 2.07 bits per heavy atom. The minimum Gasteiger partial charge on any atom is -0.414 e. The first-order valence-electron chi connectivity index (χ1n) is 20.9. The molecule has 0 bridgehead atoms. The predicted octanol–water partition coefficient (Wildman–Crippen LogP) is 11.2. The summed E-state index contributed by atoms with van der Waals surface area (Å²) in [7, 11) is -4.25. The van der Waals surface area contributed by atoms with Gasteiger partial charge in [-0.25, -0.2) is 0 Å². The Bertz CT molecular complexity index is 1410. The second-order valence-corrected chi connectivity index (χ2v) is 29.2. The molecular weight excluding hydrogens is 709 g/mol. The number of ether oxygens (including phenoxy) is 5. The molecule has 0 unspecified atom stereocenters. The van der Waals surface area contributed by atoms with Gasteiger partial charge in [0, 0.05) is 18.6 Å². The van der Waals surface area contributed by atoms with Crippen molar-refractivity contribution >= 4 is 16.6 Å². The van der Waals surface area contributed by atoms with Crippen LogP contribution >= 0.6 is 0 Å². The fourth-order valence-corrected chi connectivity index (χ4v) is 10.6. The molecule has 3 heterocycles. The third-order valence-electron chi connectivity index (χ3n) is 13.2. The van der Waals surface area contributed by atoms with Gasteiger partial charge in [0.05, 0.1) is 49.8 Å². The fraction of sp³-hybridized carbons (Fsp3) is 0.733. The molecule has 2 aromatic rings. The van der Waals surface area contributed by atoms with Gasteiger partial charge in [0.1, 0.15) is 6.10 Å². The Morgan fingerprint density at radius 1 is 0.778 bits per heavy atom. The smallest absolute Gasteiger partial charge is 0.192 e. The molecule has 10 atom stereocenters. The molecule has 3 aliphatic rings. The van der Waals surface area contributed by atoms with Crippen molar-refractivity contribution in [2.45, 2.75) is 186 Å². The third-order valence-corrected chi connectivity index (χ3v) is 22.2. The summed E-state index contributed by atoms with van der Waals surface area (Å²) >= 11 is 0. The molecule has 3 aliphatic heterocycles. The number of rotatable bonds is 15. The van der Waals surface area contributed by atoms with E-state index in [4.69, 9.17) is 32.5 Å². The number of benzene rings is 2. The van der Waals surface area contributed by atoms with E-state index in [1.165, 1.54) is 5.56 Å². The molecule has 0 aliphatic carbocycles. The normalized spacial score (nSPS) is 29.7. The average Bonchev–Trinajstić information content (AvgIpc) is 3.38. The zero-order valence-electron chi connectivity index (χ0n) is 35.8. The molecule has 0 N–H and O–H groups in total. The van der Waals surface area contributed by atoms with Crippen molar-refractivity contribution in [2.24, 2.45) is 11.8 Å². The maximum absolute atomic E-state index is 7.37. The number of hydrogen-bond acceptors (Lipinski definition) is 7. The van der Waals surface area contributed by atoms with Crippen molar-refractivity contribution in [1.82, 2.24) is 0 Å². The molecular formula is C45H74O7Si2. The zero-order valence-corrected chi connectivity index (χ0v) is 37.8. The largest absolute Gasteiger partial charge is 0.414 e.